The highest BCUT2D eigenvalue weighted by atomic mass is 35.5. The maximum absolute atomic E-state index is 14.5. The van der Waals surface area contributed by atoms with Gasteiger partial charge in [-0.3, -0.25) is 14.1 Å². The van der Waals surface area contributed by atoms with Crippen molar-refractivity contribution in [2.45, 2.75) is 0 Å². The average molecular weight is 394 g/mol. The number of halogens is 2. The van der Waals surface area contributed by atoms with E-state index in [1.165, 1.54) is 22.8 Å². The Labute approximate surface area is 162 Å². The molecule has 0 saturated heterocycles. The Morgan fingerprint density at radius 3 is 2.86 bits per heavy atom. The van der Waals surface area contributed by atoms with Gasteiger partial charge in [-0.25, -0.2) is 14.2 Å². The van der Waals surface area contributed by atoms with Crippen LogP contribution in [0.3, 0.4) is 0 Å². The lowest BCUT2D eigenvalue weighted by Gasteiger charge is -2.10. The molecule has 0 aliphatic heterocycles. The van der Waals surface area contributed by atoms with Crippen LogP contribution < -0.4 is 5.69 Å². The van der Waals surface area contributed by atoms with E-state index in [1.54, 1.807) is 42.3 Å². The summed E-state index contributed by atoms with van der Waals surface area (Å²) in [6.45, 7) is 0. The van der Waals surface area contributed by atoms with Gasteiger partial charge in [0.05, 0.1) is 28.6 Å². The number of fused-ring (bicyclic) bond motifs is 2. The Balaban J connectivity index is 1.89. The first-order valence-corrected chi connectivity index (χ1v) is 8.88. The van der Waals surface area contributed by atoms with Crippen molar-refractivity contribution in [1.82, 2.24) is 24.1 Å². The number of nitrogens with zero attached hydrogens (tertiary/aromatic N) is 4. The Hall–Kier alpha value is -3.45. The molecule has 8 heteroatoms. The number of hydrogen-bond acceptors (Lipinski definition) is 3. The number of H-pyrrole nitrogens is 1. The van der Waals surface area contributed by atoms with Crippen LogP contribution in [-0.4, -0.2) is 24.1 Å². The largest absolute Gasteiger partial charge is 0.346 e. The number of aromatic amines is 1. The molecule has 1 aromatic carbocycles. The SMILES string of the molecule is Cn1c(=O)n(-c2cc(-c3cc(Cl)ccc3F)nc3[nH]ccc23)c2ccncc21. The van der Waals surface area contributed by atoms with Crippen molar-refractivity contribution in [3.8, 4) is 16.9 Å². The molecule has 0 bridgehead atoms. The van der Waals surface area contributed by atoms with E-state index in [9.17, 15) is 9.18 Å². The standard InChI is InChI=1S/C20H13ClFN5O/c1-26-18-10-23-6-5-16(18)27(20(26)28)17-9-15(25-19-12(17)4-7-24-19)13-8-11(21)2-3-14(13)22/h2-10H,1H3,(H,24,25). The smallest absolute Gasteiger partial charge is 0.333 e. The molecule has 0 amide bonds. The van der Waals surface area contributed by atoms with Gasteiger partial charge in [-0.1, -0.05) is 11.6 Å². The number of pyridine rings is 2. The number of aryl methyl sites for hydroxylation is 1. The lowest BCUT2D eigenvalue weighted by Crippen LogP contribution is -2.21. The third kappa shape index (κ3) is 2.36. The fraction of sp³-hybridized carbons (Fsp3) is 0.0500. The summed E-state index contributed by atoms with van der Waals surface area (Å²) < 4.78 is 17.6. The fourth-order valence-electron chi connectivity index (χ4n) is 3.45. The van der Waals surface area contributed by atoms with Crippen LogP contribution in [0.2, 0.25) is 5.02 Å². The number of hydrogen-bond donors (Lipinski definition) is 1. The van der Waals surface area contributed by atoms with Crippen LogP contribution in [0.15, 0.2) is 59.8 Å². The molecule has 0 unspecified atom stereocenters. The zero-order chi connectivity index (χ0) is 19.4. The van der Waals surface area contributed by atoms with Crippen LogP contribution in [0.25, 0.3) is 39.0 Å². The van der Waals surface area contributed by atoms with E-state index in [0.29, 0.717) is 33.1 Å². The predicted octanol–water partition coefficient (Wildman–Crippen LogP) is 4.06. The highest BCUT2D eigenvalue weighted by molar-refractivity contribution is 6.30. The first kappa shape index (κ1) is 16.7. The van der Waals surface area contributed by atoms with Crippen LogP contribution in [0.4, 0.5) is 4.39 Å². The summed E-state index contributed by atoms with van der Waals surface area (Å²) in [5, 5.41) is 1.15. The van der Waals surface area contributed by atoms with Gasteiger partial charge < -0.3 is 4.98 Å². The van der Waals surface area contributed by atoms with Crippen LogP contribution >= 0.6 is 11.6 Å². The maximum atomic E-state index is 14.5. The third-order valence-electron chi connectivity index (χ3n) is 4.81. The molecule has 0 aliphatic rings. The molecule has 5 aromatic rings. The third-order valence-corrected chi connectivity index (χ3v) is 5.05. The number of nitrogens with one attached hydrogen (secondary N) is 1. The van der Waals surface area contributed by atoms with Crippen LogP contribution in [0, 0.1) is 5.82 Å². The molecule has 0 atom stereocenters. The minimum absolute atomic E-state index is 0.228. The van der Waals surface area contributed by atoms with Gasteiger partial charge in [0.25, 0.3) is 0 Å². The highest BCUT2D eigenvalue weighted by Crippen LogP contribution is 2.30. The molecule has 28 heavy (non-hydrogen) atoms. The summed E-state index contributed by atoms with van der Waals surface area (Å²) in [6.07, 6.45) is 5.00. The zero-order valence-electron chi connectivity index (χ0n) is 14.6. The van der Waals surface area contributed by atoms with Gasteiger partial charge in [0.1, 0.15) is 11.5 Å². The summed E-state index contributed by atoms with van der Waals surface area (Å²) in [4.78, 5) is 24.7. The highest BCUT2D eigenvalue weighted by Gasteiger charge is 2.18. The number of imidazole rings is 1. The molecule has 5 rings (SSSR count). The summed E-state index contributed by atoms with van der Waals surface area (Å²) in [7, 11) is 1.69. The summed E-state index contributed by atoms with van der Waals surface area (Å²) in [6, 6.07) is 9.61. The second-order valence-electron chi connectivity index (χ2n) is 6.43. The molecule has 4 aromatic heterocycles. The minimum atomic E-state index is -0.441. The van der Waals surface area contributed by atoms with Gasteiger partial charge in [-0.05, 0) is 36.4 Å². The minimum Gasteiger partial charge on any atom is -0.346 e. The van der Waals surface area contributed by atoms with Crippen molar-refractivity contribution in [1.29, 1.82) is 0 Å². The molecule has 0 spiro atoms. The van der Waals surface area contributed by atoms with Crippen LogP contribution in [0.1, 0.15) is 0 Å². The lowest BCUT2D eigenvalue weighted by molar-refractivity contribution is 0.631. The van der Waals surface area contributed by atoms with E-state index in [1.807, 2.05) is 6.07 Å². The van der Waals surface area contributed by atoms with Crippen molar-refractivity contribution in [3.05, 3.63) is 76.3 Å². The van der Waals surface area contributed by atoms with Gasteiger partial charge in [0, 0.05) is 35.4 Å². The van der Waals surface area contributed by atoms with E-state index < -0.39 is 5.82 Å². The van der Waals surface area contributed by atoms with Crippen molar-refractivity contribution >= 4 is 33.7 Å². The van der Waals surface area contributed by atoms with Gasteiger partial charge in [0.15, 0.2) is 0 Å². The van der Waals surface area contributed by atoms with Crippen LogP contribution in [0.5, 0.6) is 0 Å². The summed E-state index contributed by atoms with van der Waals surface area (Å²) in [5.41, 5.74) is 2.96. The topological polar surface area (TPSA) is 68.5 Å². The second-order valence-corrected chi connectivity index (χ2v) is 6.87. The van der Waals surface area contributed by atoms with E-state index >= 15 is 0 Å². The lowest BCUT2D eigenvalue weighted by atomic mass is 10.1. The first-order valence-electron chi connectivity index (χ1n) is 8.50. The molecule has 0 radical (unpaired) electrons. The molecule has 6 nitrogen and oxygen atoms in total. The van der Waals surface area contributed by atoms with Gasteiger partial charge in [0.2, 0.25) is 0 Å². The zero-order valence-corrected chi connectivity index (χ0v) is 15.4. The summed E-state index contributed by atoms with van der Waals surface area (Å²) >= 11 is 6.06. The van der Waals surface area contributed by atoms with Crippen LogP contribution in [-0.2, 0) is 7.05 Å². The normalized spacial score (nSPS) is 11.5. The fourth-order valence-corrected chi connectivity index (χ4v) is 3.62. The number of aromatic nitrogens is 5. The molecule has 0 saturated carbocycles. The van der Waals surface area contributed by atoms with Crippen molar-refractivity contribution in [3.63, 3.8) is 0 Å². The molecule has 1 N–H and O–H groups in total. The molecular weight excluding hydrogens is 381 g/mol. The van der Waals surface area contributed by atoms with Gasteiger partial charge >= 0.3 is 5.69 Å². The molecule has 4 heterocycles. The predicted molar refractivity (Wildman–Crippen MR) is 106 cm³/mol. The quantitative estimate of drug-likeness (QED) is 0.491. The monoisotopic (exact) mass is 393 g/mol. The second kappa shape index (κ2) is 6.03. The van der Waals surface area contributed by atoms with E-state index in [0.717, 1.165) is 5.39 Å². The number of benzene rings is 1. The first-order chi connectivity index (χ1) is 13.5. The van der Waals surface area contributed by atoms with Gasteiger partial charge in [-0.15, -0.1) is 0 Å². The van der Waals surface area contributed by atoms with E-state index in [4.69, 9.17) is 11.6 Å². The Morgan fingerprint density at radius 1 is 1.14 bits per heavy atom. The maximum Gasteiger partial charge on any atom is 0.333 e. The van der Waals surface area contributed by atoms with Gasteiger partial charge in [-0.2, -0.15) is 0 Å². The molecule has 138 valence electrons. The molecule has 0 aliphatic carbocycles. The van der Waals surface area contributed by atoms with E-state index in [-0.39, 0.29) is 11.3 Å². The van der Waals surface area contributed by atoms with E-state index in [2.05, 4.69) is 15.0 Å². The van der Waals surface area contributed by atoms with Crippen molar-refractivity contribution < 1.29 is 4.39 Å². The summed E-state index contributed by atoms with van der Waals surface area (Å²) in [5.74, 6) is -0.441. The average Bonchev–Trinajstić information content (AvgIpc) is 3.27. The van der Waals surface area contributed by atoms with Crippen molar-refractivity contribution in [2.75, 3.05) is 0 Å². The Morgan fingerprint density at radius 2 is 2.00 bits per heavy atom. The van der Waals surface area contributed by atoms with Crippen molar-refractivity contribution in [2.24, 2.45) is 7.05 Å². The molecule has 0 fully saturated rings. The number of rotatable bonds is 2. The molecular formula is C20H13ClFN5O. The Kier molecular flexibility index (Phi) is 3.60. The Bertz CT molecular complexity index is 1430.